The molecule has 0 radical (unpaired) electrons. The van der Waals surface area contributed by atoms with Crippen molar-refractivity contribution in [3.8, 4) is 0 Å². The molecular weight excluding hydrogens is 564 g/mol. The van der Waals surface area contributed by atoms with Crippen LogP contribution in [0.15, 0.2) is 69.8 Å². The molecule has 10 heteroatoms. The van der Waals surface area contributed by atoms with Crippen LogP contribution in [0.2, 0.25) is 0 Å². The fraction of sp³-hybridized carbons (Fsp3) is 0.471. The zero-order chi connectivity index (χ0) is 32.1. The highest BCUT2D eigenvalue weighted by atomic mass is 16.5. The number of carbonyl (C=O) groups excluding carboxylic acids is 4. The minimum Gasteiger partial charge on any atom is -0.462 e. The topological polar surface area (TPSA) is 157 Å². The van der Waals surface area contributed by atoms with Crippen LogP contribution in [-0.2, 0) is 38.1 Å². The van der Waals surface area contributed by atoms with Crippen LogP contribution in [0.5, 0.6) is 0 Å². The van der Waals surface area contributed by atoms with E-state index in [4.69, 9.17) is 30.4 Å². The van der Waals surface area contributed by atoms with E-state index in [-0.39, 0.29) is 71.4 Å². The molecule has 0 fully saturated rings. The molecule has 0 saturated carbocycles. The molecule has 2 heterocycles. The van der Waals surface area contributed by atoms with E-state index >= 15 is 0 Å². The molecule has 0 amide bonds. The lowest BCUT2D eigenvalue weighted by atomic mass is 9.69. The van der Waals surface area contributed by atoms with E-state index in [1.165, 1.54) is 0 Å². The van der Waals surface area contributed by atoms with Gasteiger partial charge in [-0.2, -0.15) is 0 Å². The summed E-state index contributed by atoms with van der Waals surface area (Å²) in [6, 6.07) is 7.06. The van der Waals surface area contributed by atoms with E-state index in [1.54, 1.807) is 38.1 Å². The molecule has 234 valence electrons. The molecule has 44 heavy (non-hydrogen) atoms. The lowest BCUT2D eigenvalue weighted by Gasteiger charge is -2.38. The van der Waals surface area contributed by atoms with Gasteiger partial charge in [-0.05, 0) is 35.8 Å². The van der Waals surface area contributed by atoms with Gasteiger partial charge < -0.3 is 30.4 Å². The SMILES string of the molecule is CCOC(=O)C1=C(N)OC2=C(C(=O)CC(C)(C)C2)C1c1ccc(C2C(C(=O)OCC)=C(N)OC3=C2C(=O)CC(C)(C)C3)cc1. The highest BCUT2D eigenvalue weighted by Crippen LogP contribution is 2.50. The maximum atomic E-state index is 13.6. The number of esters is 2. The van der Waals surface area contributed by atoms with Gasteiger partial charge in [0, 0.05) is 36.8 Å². The van der Waals surface area contributed by atoms with Crippen molar-refractivity contribution in [3.63, 3.8) is 0 Å². The number of ether oxygens (including phenoxy) is 4. The molecule has 2 aliphatic heterocycles. The first kappa shape index (κ1) is 31.1. The monoisotopic (exact) mass is 604 g/mol. The molecule has 1 aromatic carbocycles. The Balaban J connectivity index is 1.63. The number of allylic oxidation sites excluding steroid dienone is 4. The number of hydrogen-bond donors (Lipinski definition) is 2. The van der Waals surface area contributed by atoms with Crippen LogP contribution >= 0.6 is 0 Å². The Hall–Kier alpha value is -4.34. The Morgan fingerprint density at radius 2 is 1.05 bits per heavy atom. The van der Waals surface area contributed by atoms with Crippen molar-refractivity contribution in [2.75, 3.05) is 13.2 Å². The fourth-order valence-corrected chi connectivity index (χ4v) is 6.73. The molecule has 4 N–H and O–H groups in total. The summed E-state index contributed by atoms with van der Waals surface area (Å²) in [4.78, 5) is 53.5. The number of nitrogens with two attached hydrogens (primary N) is 2. The number of rotatable bonds is 6. The van der Waals surface area contributed by atoms with E-state index in [0.717, 1.165) is 0 Å². The van der Waals surface area contributed by atoms with Gasteiger partial charge in [-0.1, -0.05) is 52.0 Å². The van der Waals surface area contributed by atoms with Gasteiger partial charge in [0.2, 0.25) is 11.8 Å². The number of benzene rings is 1. The molecule has 0 spiro atoms. The predicted octanol–water partition coefficient (Wildman–Crippen LogP) is 4.67. The van der Waals surface area contributed by atoms with Crippen molar-refractivity contribution in [3.05, 3.63) is 81.0 Å². The van der Waals surface area contributed by atoms with Crippen LogP contribution in [-0.4, -0.2) is 36.7 Å². The molecular formula is C34H40N2O8. The fourth-order valence-electron chi connectivity index (χ4n) is 6.73. The quantitative estimate of drug-likeness (QED) is 0.437. The van der Waals surface area contributed by atoms with Gasteiger partial charge in [0.1, 0.15) is 22.7 Å². The zero-order valence-electron chi connectivity index (χ0n) is 26.1. The lowest BCUT2D eigenvalue weighted by molar-refractivity contribution is -0.140. The summed E-state index contributed by atoms with van der Waals surface area (Å²) >= 11 is 0. The van der Waals surface area contributed by atoms with Crippen molar-refractivity contribution < 1.29 is 38.1 Å². The lowest BCUT2D eigenvalue weighted by Crippen LogP contribution is -2.36. The Bertz CT molecular complexity index is 1460. The molecule has 0 aromatic heterocycles. The highest BCUT2D eigenvalue weighted by Gasteiger charge is 2.47. The van der Waals surface area contributed by atoms with Crippen LogP contribution in [0.4, 0.5) is 0 Å². The summed E-state index contributed by atoms with van der Waals surface area (Å²) in [5.74, 6) is -2.54. The second-order valence-electron chi connectivity index (χ2n) is 13.3. The second kappa shape index (κ2) is 11.3. The average Bonchev–Trinajstić information content (AvgIpc) is 2.90. The molecule has 5 rings (SSSR count). The zero-order valence-corrected chi connectivity index (χ0v) is 26.1. The van der Waals surface area contributed by atoms with Gasteiger partial charge >= 0.3 is 11.9 Å². The summed E-state index contributed by atoms with van der Waals surface area (Å²) in [7, 11) is 0. The van der Waals surface area contributed by atoms with Gasteiger partial charge in [0.15, 0.2) is 11.6 Å². The van der Waals surface area contributed by atoms with Crippen LogP contribution in [0.3, 0.4) is 0 Å². The average molecular weight is 605 g/mol. The third-order valence-corrected chi connectivity index (χ3v) is 8.50. The highest BCUT2D eigenvalue weighted by molar-refractivity contribution is 6.04. The van der Waals surface area contributed by atoms with Gasteiger partial charge in [0.05, 0.1) is 25.0 Å². The minimum atomic E-state index is -0.817. The molecule has 0 saturated heterocycles. The Morgan fingerprint density at radius 1 is 0.705 bits per heavy atom. The maximum absolute atomic E-state index is 13.6. The van der Waals surface area contributed by atoms with Gasteiger partial charge in [-0.15, -0.1) is 0 Å². The van der Waals surface area contributed by atoms with Gasteiger partial charge in [-0.25, -0.2) is 9.59 Å². The van der Waals surface area contributed by atoms with Crippen LogP contribution in [0, 0.1) is 10.8 Å². The van der Waals surface area contributed by atoms with E-state index in [2.05, 4.69) is 0 Å². The van der Waals surface area contributed by atoms with Crippen molar-refractivity contribution in [2.45, 2.75) is 79.1 Å². The number of Topliss-reactive ketones (excluding diaryl/α,β-unsaturated/α-hetero) is 2. The second-order valence-corrected chi connectivity index (χ2v) is 13.3. The minimum absolute atomic E-state index is 0.0588. The Morgan fingerprint density at radius 3 is 1.36 bits per heavy atom. The smallest absolute Gasteiger partial charge is 0.340 e. The molecule has 4 aliphatic rings. The van der Waals surface area contributed by atoms with E-state index in [9.17, 15) is 19.2 Å². The predicted molar refractivity (Wildman–Crippen MR) is 160 cm³/mol. The van der Waals surface area contributed by atoms with E-state index < -0.39 is 23.8 Å². The van der Waals surface area contributed by atoms with Crippen molar-refractivity contribution in [1.29, 1.82) is 0 Å². The summed E-state index contributed by atoms with van der Waals surface area (Å²) in [6.45, 7) is 11.5. The van der Waals surface area contributed by atoms with Gasteiger partial charge in [0.25, 0.3) is 0 Å². The molecule has 0 bridgehead atoms. The maximum Gasteiger partial charge on any atom is 0.340 e. The van der Waals surface area contributed by atoms with Crippen molar-refractivity contribution in [1.82, 2.24) is 0 Å². The molecule has 10 nitrogen and oxygen atoms in total. The number of hydrogen-bond acceptors (Lipinski definition) is 10. The summed E-state index contributed by atoms with van der Waals surface area (Å²) in [6.07, 6.45) is 1.52. The first-order valence-corrected chi connectivity index (χ1v) is 15.0. The normalized spacial score (nSPS) is 24.3. The largest absolute Gasteiger partial charge is 0.462 e. The first-order chi connectivity index (χ1) is 20.7. The Labute approximate surface area is 257 Å². The first-order valence-electron chi connectivity index (χ1n) is 15.0. The van der Waals surface area contributed by atoms with Crippen LogP contribution in [0.25, 0.3) is 0 Å². The van der Waals surface area contributed by atoms with Crippen LogP contribution < -0.4 is 11.5 Å². The third kappa shape index (κ3) is 5.53. The Kier molecular flexibility index (Phi) is 7.99. The van der Waals surface area contributed by atoms with Crippen LogP contribution in [0.1, 0.15) is 90.2 Å². The van der Waals surface area contributed by atoms with E-state index in [1.807, 2.05) is 27.7 Å². The third-order valence-electron chi connectivity index (χ3n) is 8.50. The molecule has 2 atom stereocenters. The summed E-state index contributed by atoms with van der Waals surface area (Å²) < 4.78 is 22.4. The van der Waals surface area contributed by atoms with Crippen molar-refractivity contribution >= 4 is 23.5 Å². The summed E-state index contributed by atoms with van der Waals surface area (Å²) in [5.41, 5.74) is 14.0. The number of ketones is 2. The summed E-state index contributed by atoms with van der Waals surface area (Å²) in [5, 5.41) is 0. The molecule has 1 aromatic rings. The molecule has 2 unspecified atom stereocenters. The van der Waals surface area contributed by atoms with Crippen molar-refractivity contribution in [2.24, 2.45) is 22.3 Å². The number of carbonyl (C=O) groups is 4. The molecule has 2 aliphatic carbocycles. The van der Waals surface area contributed by atoms with Gasteiger partial charge in [-0.3, -0.25) is 9.59 Å². The van der Waals surface area contributed by atoms with E-state index in [0.29, 0.717) is 46.6 Å². The standard InChI is InChI=1S/C34H40N2O8/c1-7-41-31(39)27-23(25-19(37)13-33(3,4)15-21(25)43-29(27)35)17-9-11-18(12-10-17)24-26-20(38)14-34(5,6)16-22(26)44-30(36)28(24)32(40)42-8-2/h9-12,23-24H,7-8,13-16,35-36H2,1-6H3.